The minimum atomic E-state index is -0.380. The first kappa shape index (κ1) is 14.6. The van der Waals surface area contributed by atoms with Gasteiger partial charge in [0.05, 0.1) is 13.2 Å². The lowest BCUT2D eigenvalue weighted by Crippen LogP contribution is -2.27. The lowest BCUT2D eigenvalue weighted by atomic mass is 10.1. The van der Waals surface area contributed by atoms with Gasteiger partial charge in [-0.05, 0) is 44.0 Å². The Bertz CT molecular complexity index is 690. The van der Waals surface area contributed by atoms with Crippen molar-refractivity contribution in [2.75, 3.05) is 7.11 Å². The zero-order valence-electron chi connectivity index (χ0n) is 12.6. The molecule has 1 aliphatic rings. The molecule has 1 aromatic heterocycles. The van der Waals surface area contributed by atoms with Crippen LogP contribution in [0.3, 0.4) is 0 Å². The normalized spacial score (nSPS) is 14.5. The van der Waals surface area contributed by atoms with Gasteiger partial charge < -0.3 is 10.1 Å². The van der Waals surface area contributed by atoms with Gasteiger partial charge in [0.15, 0.2) is 0 Å². The first-order chi connectivity index (χ1) is 10.6. The highest BCUT2D eigenvalue weighted by atomic mass is 19.1. The number of nitrogens with one attached hydrogen (secondary N) is 1. The van der Waals surface area contributed by atoms with Crippen molar-refractivity contribution in [1.82, 2.24) is 15.1 Å². The van der Waals surface area contributed by atoms with Gasteiger partial charge in [0.1, 0.15) is 17.3 Å². The van der Waals surface area contributed by atoms with Gasteiger partial charge in [-0.1, -0.05) is 0 Å². The summed E-state index contributed by atoms with van der Waals surface area (Å²) in [5.74, 6) is -0.0832. The molecule has 1 aliphatic heterocycles. The molecule has 1 aromatic carbocycles. The van der Waals surface area contributed by atoms with E-state index in [1.807, 2.05) is 10.7 Å². The average molecular weight is 303 g/mol. The van der Waals surface area contributed by atoms with E-state index in [-0.39, 0.29) is 17.8 Å². The van der Waals surface area contributed by atoms with Crippen molar-refractivity contribution in [3.05, 3.63) is 47.0 Å². The zero-order valence-corrected chi connectivity index (χ0v) is 12.6. The number of rotatable bonds is 4. The summed E-state index contributed by atoms with van der Waals surface area (Å²) < 4.78 is 20.5. The number of ether oxygens (including phenoxy) is 1. The van der Waals surface area contributed by atoms with Crippen LogP contribution in [-0.4, -0.2) is 22.8 Å². The summed E-state index contributed by atoms with van der Waals surface area (Å²) >= 11 is 0. The molecule has 116 valence electrons. The van der Waals surface area contributed by atoms with Gasteiger partial charge in [-0.25, -0.2) is 4.39 Å². The summed E-state index contributed by atoms with van der Waals surface area (Å²) in [6, 6.07) is 5.69. The number of benzene rings is 1. The number of aryl methyl sites for hydroxylation is 2. The fraction of sp³-hybridized carbons (Fsp3) is 0.375. The van der Waals surface area contributed by atoms with Crippen LogP contribution in [0.5, 0.6) is 5.75 Å². The van der Waals surface area contributed by atoms with E-state index in [4.69, 9.17) is 4.74 Å². The third-order valence-corrected chi connectivity index (χ3v) is 3.90. The molecule has 0 aliphatic carbocycles. The molecule has 0 spiro atoms. The minimum Gasteiger partial charge on any atom is -0.496 e. The fourth-order valence-corrected chi connectivity index (χ4v) is 2.76. The standard InChI is InChI=1S/C16H18FN3O2/c1-10(13-8-11(17)5-6-15(13)22-2)18-16(21)14-9-12-4-3-7-20(12)19-14/h5-6,8-10H,3-4,7H2,1-2H3,(H,18,21). The van der Waals surface area contributed by atoms with Gasteiger partial charge >= 0.3 is 0 Å². The smallest absolute Gasteiger partial charge is 0.272 e. The highest BCUT2D eigenvalue weighted by Gasteiger charge is 2.20. The fourth-order valence-electron chi connectivity index (χ4n) is 2.76. The molecule has 0 bridgehead atoms. The number of nitrogens with zero attached hydrogens (tertiary/aromatic N) is 2. The Labute approximate surface area is 128 Å². The monoisotopic (exact) mass is 303 g/mol. The Kier molecular flexibility index (Phi) is 3.83. The molecule has 3 rings (SSSR count). The predicted octanol–water partition coefficient (Wildman–Crippen LogP) is 2.47. The molecule has 2 heterocycles. The van der Waals surface area contributed by atoms with Gasteiger partial charge in [-0.15, -0.1) is 0 Å². The van der Waals surface area contributed by atoms with Crippen LogP contribution >= 0.6 is 0 Å². The third kappa shape index (κ3) is 2.68. The number of aromatic nitrogens is 2. The minimum absolute atomic E-state index is 0.263. The van der Waals surface area contributed by atoms with Crippen molar-refractivity contribution in [3.8, 4) is 5.75 Å². The molecule has 0 saturated heterocycles. The molecule has 0 radical (unpaired) electrons. The van der Waals surface area contributed by atoms with E-state index in [1.54, 1.807) is 13.0 Å². The SMILES string of the molecule is COc1ccc(F)cc1C(C)NC(=O)c1cc2n(n1)CCC2. The van der Waals surface area contributed by atoms with Gasteiger partial charge in [-0.2, -0.15) is 5.10 Å². The lowest BCUT2D eigenvalue weighted by Gasteiger charge is -2.16. The van der Waals surface area contributed by atoms with Crippen LogP contribution in [0.15, 0.2) is 24.3 Å². The number of hydrogen-bond acceptors (Lipinski definition) is 3. The van der Waals surface area contributed by atoms with Gasteiger partial charge in [0, 0.05) is 17.8 Å². The molecule has 5 nitrogen and oxygen atoms in total. The number of amides is 1. The first-order valence-electron chi connectivity index (χ1n) is 7.29. The second-order valence-corrected chi connectivity index (χ2v) is 5.43. The summed E-state index contributed by atoms with van der Waals surface area (Å²) in [6.45, 7) is 2.65. The van der Waals surface area contributed by atoms with Crippen LogP contribution in [0.25, 0.3) is 0 Å². The molecular weight excluding hydrogens is 285 g/mol. The maximum absolute atomic E-state index is 13.4. The first-order valence-corrected chi connectivity index (χ1v) is 7.29. The van der Waals surface area contributed by atoms with Crippen molar-refractivity contribution in [2.24, 2.45) is 0 Å². The van der Waals surface area contributed by atoms with E-state index < -0.39 is 0 Å². The largest absolute Gasteiger partial charge is 0.496 e. The quantitative estimate of drug-likeness (QED) is 0.944. The second kappa shape index (κ2) is 5.79. The van der Waals surface area contributed by atoms with Crippen LogP contribution < -0.4 is 10.1 Å². The maximum atomic E-state index is 13.4. The predicted molar refractivity (Wildman–Crippen MR) is 79.4 cm³/mol. The summed E-state index contributed by atoms with van der Waals surface area (Å²) in [5.41, 5.74) is 2.08. The summed E-state index contributed by atoms with van der Waals surface area (Å²) in [5, 5.41) is 7.14. The van der Waals surface area contributed by atoms with E-state index in [9.17, 15) is 9.18 Å². The van der Waals surface area contributed by atoms with E-state index in [0.29, 0.717) is 17.0 Å². The Balaban J connectivity index is 1.77. The number of halogens is 1. The highest BCUT2D eigenvalue weighted by Crippen LogP contribution is 2.26. The molecule has 1 atom stereocenters. The zero-order chi connectivity index (χ0) is 15.7. The van der Waals surface area contributed by atoms with E-state index in [2.05, 4.69) is 10.4 Å². The highest BCUT2D eigenvalue weighted by molar-refractivity contribution is 5.92. The van der Waals surface area contributed by atoms with Crippen LogP contribution in [-0.2, 0) is 13.0 Å². The Morgan fingerprint density at radius 3 is 3.00 bits per heavy atom. The van der Waals surface area contributed by atoms with Crippen LogP contribution in [0.2, 0.25) is 0 Å². The molecule has 1 N–H and O–H groups in total. The Morgan fingerprint density at radius 1 is 1.45 bits per heavy atom. The lowest BCUT2D eigenvalue weighted by molar-refractivity contribution is 0.0933. The Hall–Kier alpha value is -2.37. The topological polar surface area (TPSA) is 56.1 Å². The van der Waals surface area contributed by atoms with Crippen LogP contribution in [0.1, 0.15) is 41.1 Å². The molecule has 0 saturated carbocycles. The van der Waals surface area contributed by atoms with Crippen molar-refractivity contribution in [1.29, 1.82) is 0 Å². The molecule has 1 unspecified atom stereocenters. The van der Waals surface area contributed by atoms with E-state index >= 15 is 0 Å². The summed E-state index contributed by atoms with van der Waals surface area (Å²) in [4.78, 5) is 12.3. The van der Waals surface area contributed by atoms with Crippen molar-refractivity contribution in [3.63, 3.8) is 0 Å². The van der Waals surface area contributed by atoms with Gasteiger partial charge in [0.2, 0.25) is 0 Å². The average Bonchev–Trinajstić information content (AvgIpc) is 3.08. The van der Waals surface area contributed by atoms with E-state index in [1.165, 1.54) is 19.2 Å². The molecular formula is C16H18FN3O2. The van der Waals surface area contributed by atoms with Crippen molar-refractivity contribution < 1.29 is 13.9 Å². The molecule has 0 fully saturated rings. The third-order valence-electron chi connectivity index (χ3n) is 3.90. The Morgan fingerprint density at radius 2 is 2.27 bits per heavy atom. The molecule has 2 aromatic rings. The molecule has 1 amide bonds. The van der Waals surface area contributed by atoms with Crippen LogP contribution in [0, 0.1) is 5.82 Å². The number of carbonyl (C=O) groups is 1. The van der Waals surface area contributed by atoms with E-state index in [0.717, 1.165) is 25.1 Å². The second-order valence-electron chi connectivity index (χ2n) is 5.43. The number of carbonyl (C=O) groups excluding carboxylic acids is 1. The number of methoxy groups -OCH3 is 1. The number of hydrogen-bond donors (Lipinski definition) is 1. The summed E-state index contributed by atoms with van der Waals surface area (Å²) in [7, 11) is 1.52. The maximum Gasteiger partial charge on any atom is 0.272 e. The van der Waals surface area contributed by atoms with Crippen molar-refractivity contribution in [2.45, 2.75) is 32.4 Å². The molecule has 6 heteroatoms. The summed E-state index contributed by atoms with van der Waals surface area (Å²) in [6.07, 6.45) is 2.02. The molecule has 22 heavy (non-hydrogen) atoms. The van der Waals surface area contributed by atoms with Gasteiger partial charge in [0.25, 0.3) is 5.91 Å². The van der Waals surface area contributed by atoms with Crippen molar-refractivity contribution >= 4 is 5.91 Å². The van der Waals surface area contributed by atoms with Crippen LogP contribution in [0.4, 0.5) is 4.39 Å². The number of fused-ring (bicyclic) bond motifs is 1. The van der Waals surface area contributed by atoms with Gasteiger partial charge in [-0.3, -0.25) is 9.48 Å².